The van der Waals surface area contributed by atoms with Crippen LogP contribution in [0.25, 0.3) is 11.1 Å². The predicted molar refractivity (Wildman–Crippen MR) is 95.2 cm³/mol. The van der Waals surface area contributed by atoms with Gasteiger partial charge in [-0.25, -0.2) is 0 Å². The van der Waals surface area contributed by atoms with E-state index in [2.05, 4.69) is 32.3 Å². The van der Waals surface area contributed by atoms with Gasteiger partial charge in [-0.2, -0.15) is 5.26 Å². The Labute approximate surface area is 153 Å². The second-order valence-electron chi connectivity index (χ2n) is 5.38. The molecule has 1 aromatic heterocycles. The van der Waals surface area contributed by atoms with Gasteiger partial charge in [-0.05, 0) is 38.2 Å². The first-order chi connectivity index (χ1) is 12.1. The van der Waals surface area contributed by atoms with Crippen LogP contribution in [-0.4, -0.2) is 38.6 Å². The van der Waals surface area contributed by atoms with E-state index in [4.69, 9.17) is 5.11 Å². The summed E-state index contributed by atoms with van der Waals surface area (Å²) in [6.07, 6.45) is 0. The van der Waals surface area contributed by atoms with Crippen molar-refractivity contribution in [2.75, 3.05) is 13.2 Å². The number of aliphatic hydroxyl groups excluding tert-OH is 4. The van der Waals surface area contributed by atoms with Gasteiger partial charge in [0.25, 0.3) is 0 Å². The van der Waals surface area contributed by atoms with Crippen LogP contribution in [0.1, 0.15) is 28.1 Å². The highest BCUT2D eigenvalue weighted by Crippen LogP contribution is 2.38. The fraction of sp³-hybridized carbons (Fsp3) is 0.353. The summed E-state index contributed by atoms with van der Waals surface area (Å²) in [6, 6.07) is 5.52. The molecule has 0 unspecified atom stereocenters. The molecule has 134 valence electrons. The van der Waals surface area contributed by atoms with Crippen LogP contribution in [0, 0.1) is 11.3 Å². The molecule has 8 heteroatoms. The van der Waals surface area contributed by atoms with Gasteiger partial charge in [0.1, 0.15) is 11.8 Å². The average molecular weight is 410 g/mol. The van der Waals surface area contributed by atoms with Crippen molar-refractivity contribution >= 4 is 15.9 Å². The first kappa shape index (κ1) is 19.6. The molecule has 0 atom stereocenters. The van der Waals surface area contributed by atoms with E-state index in [-0.39, 0.29) is 26.4 Å². The number of H-pyrrole nitrogens is 1. The number of aromatic amines is 1. The highest BCUT2D eigenvalue weighted by molar-refractivity contribution is 9.10. The number of aromatic nitrogens is 1. The molecule has 0 spiro atoms. The Balaban J connectivity index is 2.64. The maximum absolute atomic E-state index is 9.84. The third-order valence-electron chi connectivity index (χ3n) is 4.00. The Bertz CT molecular complexity index is 783. The summed E-state index contributed by atoms with van der Waals surface area (Å²) in [5, 5.41) is 50.2. The lowest BCUT2D eigenvalue weighted by Crippen LogP contribution is -2.18. The number of rotatable bonds is 8. The quantitative estimate of drug-likeness (QED) is 0.358. The van der Waals surface area contributed by atoms with Crippen LogP contribution in [0.5, 0.6) is 0 Å². The van der Waals surface area contributed by atoms with Gasteiger partial charge >= 0.3 is 0 Å². The number of nitrogens with one attached hydrogen (secondary N) is 2. The van der Waals surface area contributed by atoms with Crippen molar-refractivity contribution in [3.63, 3.8) is 0 Å². The van der Waals surface area contributed by atoms with Crippen LogP contribution in [0.15, 0.2) is 16.6 Å². The van der Waals surface area contributed by atoms with Crippen molar-refractivity contribution in [3.05, 3.63) is 44.7 Å². The van der Waals surface area contributed by atoms with Crippen molar-refractivity contribution in [2.24, 2.45) is 0 Å². The average Bonchev–Trinajstić information content (AvgIpc) is 2.95. The Morgan fingerprint density at radius 1 is 1.08 bits per heavy atom. The van der Waals surface area contributed by atoms with Gasteiger partial charge in [0.05, 0.1) is 30.9 Å². The fourth-order valence-electron chi connectivity index (χ4n) is 2.81. The van der Waals surface area contributed by atoms with Crippen LogP contribution in [0.2, 0.25) is 0 Å². The molecule has 25 heavy (non-hydrogen) atoms. The van der Waals surface area contributed by atoms with Crippen molar-refractivity contribution < 1.29 is 20.4 Å². The molecule has 0 aliphatic heterocycles. The number of benzene rings is 1. The molecular weight excluding hydrogens is 390 g/mol. The van der Waals surface area contributed by atoms with Crippen LogP contribution in [-0.2, 0) is 26.4 Å². The summed E-state index contributed by atoms with van der Waals surface area (Å²) in [6.45, 7) is -0.101. The van der Waals surface area contributed by atoms with Crippen molar-refractivity contribution in [1.29, 1.82) is 5.26 Å². The molecule has 0 aliphatic rings. The van der Waals surface area contributed by atoms with Gasteiger partial charge in [-0.3, -0.25) is 0 Å². The molecule has 2 rings (SSSR count). The normalized spacial score (nSPS) is 10.9. The maximum atomic E-state index is 9.84. The van der Waals surface area contributed by atoms with Crippen LogP contribution >= 0.6 is 15.9 Å². The summed E-state index contributed by atoms with van der Waals surface area (Å²) in [7, 11) is 0. The van der Waals surface area contributed by atoms with Gasteiger partial charge < -0.3 is 30.7 Å². The number of hydrogen-bond acceptors (Lipinski definition) is 6. The van der Waals surface area contributed by atoms with Crippen LogP contribution in [0.4, 0.5) is 0 Å². The monoisotopic (exact) mass is 409 g/mol. The summed E-state index contributed by atoms with van der Waals surface area (Å²) in [4.78, 5) is 3.03. The molecule has 0 aliphatic carbocycles. The Hall–Kier alpha value is -1.73. The van der Waals surface area contributed by atoms with Gasteiger partial charge in [0.15, 0.2) is 0 Å². The first-order valence-corrected chi connectivity index (χ1v) is 8.50. The molecule has 0 bridgehead atoms. The summed E-state index contributed by atoms with van der Waals surface area (Å²) in [5.41, 5.74) is 3.94. The van der Waals surface area contributed by atoms with E-state index in [1.165, 1.54) is 0 Å². The summed E-state index contributed by atoms with van der Waals surface area (Å²) < 4.78 is 0.561. The minimum atomic E-state index is -0.317. The molecule has 0 saturated carbocycles. The second-order valence-corrected chi connectivity index (χ2v) is 6.18. The zero-order valence-corrected chi connectivity index (χ0v) is 15.1. The molecule has 0 saturated heterocycles. The Kier molecular flexibility index (Phi) is 7.13. The van der Waals surface area contributed by atoms with E-state index in [0.717, 1.165) is 0 Å². The van der Waals surface area contributed by atoms with Gasteiger partial charge in [0.2, 0.25) is 0 Å². The van der Waals surface area contributed by atoms with Gasteiger partial charge in [0, 0.05) is 24.3 Å². The predicted octanol–water partition coefficient (Wildman–Crippen LogP) is 0.875. The highest BCUT2D eigenvalue weighted by atomic mass is 79.9. The van der Waals surface area contributed by atoms with E-state index in [0.29, 0.717) is 56.8 Å². The van der Waals surface area contributed by atoms with E-state index < -0.39 is 0 Å². The third kappa shape index (κ3) is 3.93. The zero-order chi connectivity index (χ0) is 18.4. The third-order valence-corrected chi connectivity index (χ3v) is 4.80. The van der Waals surface area contributed by atoms with Crippen molar-refractivity contribution in [1.82, 2.24) is 10.3 Å². The zero-order valence-electron chi connectivity index (χ0n) is 13.5. The lowest BCUT2D eigenvalue weighted by Gasteiger charge is -2.16. The molecule has 7 nitrogen and oxygen atoms in total. The van der Waals surface area contributed by atoms with E-state index in [9.17, 15) is 20.6 Å². The minimum Gasteiger partial charge on any atom is -0.395 e. The number of nitriles is 1. The Morgan fingerprint density at radius 3 is 2.36 bits per heavy atom. The lowest BCUT2D eigenvalue weighted by atomic mass is 9.92. The Morgan fingerprint density at radius 2 is 1.80 bits per heavy atom. The summed E-state index contributed by atoms with van der Waals surface area (Å²) >= 11 is 3.43. The van der Waals surface area contributed by atoms with Crippen molar-refractivity contribution in [2.45, 2.75) is 26.4 Å². The first-order valence-electron chi connectivity index (χ1n) is 7.71. The van der Waals surface area contributed by atoms with Gasteiger partial charge in [-0.15, -0.1) is 0 Å². The minimum absolute atomic E-state index is 0.00985. The molecule has 0 fully saturated rings. The molecule has 1 heterocycles. The molecule has 1 aromatic carbocycles. The molecule has 6 N–H and O–H groups in total. The molecule has 0 amide bonds. The van der Waals surface area contributed by atoms with Crippen LogP contribution in [0.3, 0.4) is 0 Å². The number of hydrogen-bond donors (Lipinski definition) is 6. The van der Waals surface area contributed by atoms with E-state index >= 15 is 0 Å². The largest absolute Gasteiger partial charge is 0.395 e. The smallest absolute Gasteiger partial charge is 0.132 e. The molecular formula is C17H20BrN3O4. The SMILES string of the molecule is N#Cc1[nH]c(CNCCO)c(-c2ccc(CO)c(CO)c2CO)c1Br. The molecule has 2 aromatic rings. The number of aliphatic hydroxyl groups is 4. The fourth-order valence-corrected chi connectivity index (χ4v) is 3.45. The topological polar surface area (TPSA) is 133 Å². The standard InChI is InChI=1S/C17H20BrN3O4/c18-17-14(5-19)21-15(6-20-3-4-22)16(17)11-2-1-10(7-23)12(8-24)13(11)9-25/h1-2,20-25H,3-4,6-9H2. The lowest BCUT2D eigenvalue weighted by molar-refractivity contribution is 0.248. The van der Waals surface area contributed by atoms with Crippen LogP contribution < -0.4 is 5.32 Å². The number of nitrogens with zero attached hydrogens (tertiary/aromatic N) is 1. The van der Waals surface area contributed by atoms with E-state index in [1.54, 1.807) is 12.1 Å². The highest BCUT2D eigenvalue weighted by Gasteiger charge is 2.21. The van der Waals surface area contributed by atoms with Gasteiger partial charge in [-0.1, -0.05) is 12.1 Å². The van der Waals surface area contributed by atoms with Crippen molar-refractivity contribution in [3.8, 4) is 17.2 Å². The van der Waals surface area contributed by atoms with E-state index in [1.807, 2.05) is 0 Å². The molecule has 0 radical (unpaired) electrons. The second kappa shape index (κ2) is 9.10. The summed E-state index contributed by atoms with van der Waals surface area (Å²) in [5.74, 6) is 0. The maximum Gasteiger partial charge on any atom is 0.132 e. The number of halogens is 1.